The molecule has 2 N–H and O–H groups in total. The van der Waals surface area contributed by atoms with Gasteiger partial charge in [-0.3, -0.25) is 9.69 Å². The highest BCUT2D eigenvalue weighted by Crippen LogP contribution is 2.42. The fourth-order valence-electron chi connectivity index (χ4n) is 2.57. The molecule has 2 aromatic rings. The third-order valence-corrected chi connectivity index (χ3v) is 4.92. The Morgan fingerprint density at radius 2 is 1.91 bits per heavy atom. The number of nitrogens with two attached hydrogens (primary N) is 1. The summed E-state index contributed by atoms with van der Waals surface area (Å²) in [6.07, 6.45) is 0. The third-order valence-electron chi connectivity index (χ3n) is 3.71. The van der Waals surface area contributed by atoms with Crippen LogP contribution in [0.15, 0.2) is 48.5 Å². The zero-order valence-electron chi connectivity index (χ0n) is 12.7. The summed E-state index contributed by atoms with van der Waals surface area (Å²) >= 11 is 1.64. The molecule has 0 aromatic heterocycles. The minimum Gasteiger partial charge on any atom is -0.399 e. The van der Waals surface area contributed by atoms with Gasteiger partial charge in [0.25, 0.3) is 0 Å². The van der Waals surface area contributed by atoms with E-state index in [1.54, 1.807) is 11.8 Å². The number of carbonyl (C=O) groups excluding carboxylic acids is 1. The van der Waals surface area contributed by atoms with Gasteiger partial charge in [-0.1, -0.05) is 12.1 Å². The molecule has 0 unspecified atom stereocenters. The van der Waals surface area contributed by atoms with E-state index in [1.165, 1.54) is 0 Å². The van der Waals surface area contributed by atoms with Gasteiger partial charge < -0.3 is 10.6 Å². The van der Waals surface area contributed by atoms with E-state index in [2.05, 4.69) is 0 Å². The number of rotatable bonds is 3. The van der Waals surface area contributed by atoms with Gasteiger partial charge in [0.2, 0.25) is 5.91 Å². The molecule has 2 aromatic carbocycles. The second kappa shape index (κ2) is 5.93. The molecule has 0 radical (unpaired) electrons. The minimum absolute atomic E-state index is 0.0128. The topological polar surface area (TPSA) is 49.6 Å². The van der Waals surface area contributed by atoms with Crippen molar-refractivity contribution >= 4 is 34.7 Å². The Balaban J connectivity index is 1.94. The molecule has 1 aliphatic heterocycles. The Kier molecular flexibility index (Phi) is 3.98. The van der Waals surface area contributed by atoms with Crippen LogP contribution in [0.5, 0.6) is 0 Å². The zero-order chi connectivity index (χ0) is 15.7. The van der Waals surface area contributed by atoms with E-state index < -0.39 is 0 Å². The second-order valence-corrected chi connectivity index (χ2v) is 6.58. The Hall–Kier alpha value is -2.14. The molecule has 114 valence electrons. The molecule has 0 bridgehead atoms. The van der Waals surface area contributed by atoms with Crippen LogP contribution in [0.4, 0.5) is 17.1 Å². The van der Waals surface area contributed by atoms with Crippen molar-refractivity contribution in [3.8, 4) is 0 Å². The molecule has 1 amide bonds. The third kappa shape index (κ3) is 2.76. The van der Waals surface area contributed by atoms with Crippen LogP contribution < -0.4 is 15.5 Å². The van der Waals surface area contributed by atoms with Gasteiger partial charge >= 0.3 is 0 Å². The summed E-state index contributed by atoms with van der Waals surface area (Å²) in [5.74, 6) is 0.629. The quantitative estimate of drug-likeness (QED) is 0.885. The van der Waals surface area contributed by atoms with Crippen LogP contribution in [0.2, 0.25) is 0 Å². The summed E-state index contributed by atoms with van der Waals surface area (Å²) in [6, 6.07) is 15.8. The Bertz CT molecular complexity index is 685. The van der Waals surface area contributed by atoms with Crippen molar-refractivity contribution in [3.05, 3.63) is 54.1 Å². The average molecular weight is 313 g/mol. The lowest BCUT2D eigenvalue weighted by Gasteiger charge is -2.25. The van der Waals surface area contributed by atoms with Crippen molar-refractivity contribution in [1.82, 2.24) is 0 Å². The van der Waals surface area contributed by atoms with E-state index in [9.17, 15) is 4.79 Å². The van der Waals surface area contributed by atoms with E-state index in [0.29, 0.717) is 5.75 Å². The highest BCUT2D eigenvalue weighted by Gasteiger charge is 2.34. The standard InChI is InChI=1S/C17H19N3OS/c1-19(2)14-6-8-15(9-7-14)20-16(21)11-22-17(20)12-4-3-5-13(18)10-12/h3-10,17H,11,18H2,1-2H3/t17-/m0/s1. The Morgan fingerprint density at radius 1 is 1.18 bits per heavy atom. The fourth-order valence-corrected chi connectivity index (χ4v) is 3.74. The maximum atomic E-state index is 12.3. The Labute approximate surface area is 134 Å². The highest BCUT2D eigenvalue weighted by atomic mass is 32.2. The SMILES string of the molecule is CN(C)c1ccc(N2C(=O)CS[C@H]2c2cccc(N)c2)cc1. The van der Waals surface area contributed by atoms with Gasteiger partial charge in [-0.15, -0.1) is 11.8 Å². The summed E-state index contributed by atoms with van der Waals surface area (Å²) in [5.41, 5.74) is 9.70. The lowest BCUT2D eigenvalue weighted by Crippen LogP contribution is -2.27. The summed E-state index contributed by atoms with van der Waals surface area (Å²) < 4.78 is 0. The smallest absolute Gasteiger partial charge is 0.238 e. The van der Waals surface area contributed by atoms with Crippen LogP contribution in [-0.4, -0.2) is 25.8 Å². The molecule has 3 rings (SSSR count). The van der Waals surface area contributed by atoms with E-state index in [-0.39, 0.29) is 11.3 Å². The predicted octanol–water partition coefficient (Wildman–Crippen LogP) is 3.11. The first-order valence-corrected chi connectivity index (χ1v) is 8.17. The molecule has 0 aliphatic carbocycles. The van der Waals surface area contributed by atoms with Gasteiger partial charge in [0, 0.05) is 31.2 Å². The summed E-state index contributed by atoms with van der Waals surface area (Å²) in [5, 5.41) is -0.0128. The largest absolute Gasteiger partial charge is 0.399 e. The monoisotopic (exact) mass is 313 g/mol. The number of benzene rings is 2. The molecular formula is C17H19N3OS. The minimum atomic E-state index is -0.0128. The maximum absolute atomic E-state index is 12.3. The van der Waals surface area contributed by atoms with Crippen LogP contribution >= 0.6 is 11.8 Å². The molecule has 0 saturated carbocycles. The number of nitrogens with zero attached hydrogens (tertiary/aromatic N) is 2. The van der Waals surface area contributed by atoms with Gasteiger partial charge in [0.1, 0.15) is 5.37 Å². The van der Waals surface area contributed by atoms with Gasteiger partial charge in [-0.25, -0.2) is 0 Å². The number of hydrogen-bond donors (Lipinski definition) is 1. The van der Waals surface area contributed by atoms with Crippen LogP contribution in [0, 0.1) is 0 Å². The lowest BCUT2D eigenvalue weighted by atomic mass is 10.1. The van der Waals surface area contributed by atoms with Gasteiger partial charge in [-0.2, -0.15) is 0 Å². The van der Waals surface area contributed by atoms with E-state index >= 15 is 0 Å². The molecule has 1 saturated heterocycles. The van der Waals surface area contributed by atoms with Gasteiger partial charge in [-0.05, 0) is 42.0 Å². The highest BCUT2D eigenvalue weighted by molar-refractivity contribution is 8.00. The first kappa shape index (κ1) is 14.8. The zero-order valence-corrected chi connectivity index (χ0v) is 13.5. The summed E-state index contributed by atoms with van der Waals surface area (Å²) in [6.45, 7) is 0. The average Bonchev–Trinajstić information content (AvgIpc) is 2.89. The number of nitrogen functional groups attached to an aromatic ring is 1. The molecule has 4 nitrogen and oxygen atoms in total. The number of anilines is 3. The number of thioether (sulfide) groups is 1. The summed E-state index contributed by atoms with van der Waals surface area (Å²) in [4.78, 5) is 16.2. The fraction of sp³-hybridized carbons (Fsp3) is 0.235. The van der Waals surface area contributed by atoms with Crippen molar-refractivity contribution in [2.45, 2.75) is 5.37 Å². The van der Waals surface area contributed by atoms with Gasteiger partial charge in [0.15, 0.2) is 0 Å². The molecule has 5 heteroatoms. The number of amides is 1. The van der Waals surface area contributed by atoms with E-state index in [4.69, 9.17) is 5.73 Å². The van der Waals surface area contributed by atoms with E-state index in [1.807, 2.05) is 72.4 Å². The molecular weight excluding hydrogens is 294 g/mol. The second-order valence-electron chi connectivity index (χ2n) is 5.51. The van der Waals surface area contributed by atoms with Crippen molar-refractivity contribution in [1.29, 1.82) is 0 Å². The molecule has 0 spiro atoms. The van der Waals surface area contributed by atoms with Crippen molar-refractivity contribution in [3.63, 3.8) is 0 Å². The number of hydrogen-bond acceptors (Lipinski definition) is 4. The van der Waals surface area contributed by atoms with Crippen molar-refractivity contribution < 1.29 is 4.79 Å². The predicted molar refractivity (Wildman–Crippen MR) is 94.3 cm³/mol. The Morgan fingerprint density at radius 3 is 2.55 bits per heavy atom. The molecule has 1 heterocycles. The first-order chi connectivity index (χ1) is 10.6. The molecule has 22 heavy (non-hydrogen) atoms. The van der Waals surface area contributed by atoms with Crippen molar-refractivity contribution in [2.75, 3.05) is 35.4 Å². The normalized spacial score (nSPS) is 17.8. The first-order valence-electron chi connectivity index (χ1n) is 7.13. The number of carbonyl (C=O) groups is 1. The van der Waals surface area contributed by atoms with Gasteiger partial charge in [0.05, 0.1) is 5.75 Å². The molecule has 1 fully saturated rings. The maximum Gasteiger partial charge on any atom is 0.238 e. The van der Waals surface area contributed by atoms with Crippen LogP contribution in [0.25, 0.3) is 0 Å². The molecule has 1 aliphatic rings. The lowest BCUT2D eigenvalue weighted by molar-refractivity contribution is -0.115. The van der Waals surface area contributed by atoms with Crippen LogP contribution in [-0.2, 0) is 4.79 Å². The molecule has 1 atom stereocenters. The van der Waals surface area contributed by atoms with E-state index in [0.717, 1.165) is 22.6 Å². The van der Waals surface area contributed by atoms with Crippen LogP contribution in [0.3, 0.4) is 0 Å². The van der Waals surface area contributed by atoms with Crippen molar-refractivity contribution in [2.24, 2.45) is 0 Å². The van der Waals surface area contributed by atoms with Crippen LogP contribution in [0.1, 0.15) is 10.9 Å². The summed E-state index contributed by atoms with van der Waals surface area (Å²) in [7, 11) is 4.00.